The highest BCUT2D eigenvalue weighted by Gasteiger charge is 2.17. The Hall–Kier alpha value is -0.980. The van der Waals surface area contributed by atoms with Crippen molar-refractivity contribution in [2.24, 2.45) is 0 Å². The molecule has 0 aliphatic rings. The van der Waals surface area contributed by atoms with Crippen LogP contribution in [0.5, 0.6) is 0 Å². The van der Waals surface area contributed by atoms with Crippen LogP contribution in [0.15, 0.2) is 45.8 Å². The van der Waals surface area contributed by atoms with Gasteiger partial charge in [0.15, 0.2) is 0 Å². The fourth-order valence-electron chi connectivity index (χ4n) is 1.80. The Morgan fingerprint density at radius 1 is 1.05 bits per heavy atom. The van der Waals surface area contributed by atoms with Crippen molar-refractivity contribution >= 4 is 27.7 Å². The van der Waals surface area contributed by atoms with Gasteiger partial charge >= 0.3 is 0 Å². The van der Waals surface area contributed by atoms with Crippen LogP contribution >= 0.6 is 27.7 Å². The Morgan fingerprint density at radius 2 is 1.76 bits per heavy atom. The average molecular weight is 377 g/mol. The van der Waals surface area contributed by atoms with Crippen LogP contribution in [0.25, 0.3) is 0 Å². The van der Waals surface area contributed by atoms with E-state index in [1.165, 1.54) is 12.1 Å². The quantitative estimate of drug-likeness (QED) is 0.609. The first kappa shape index (κ1) is 16.4. The predicted molar refractivity (Wildman–Crippen MR) is 80.9 cm³/mol. The van der Waals surface area contributed by atoms with Crippen LogP contribution in [0.2, 0.25) is 0 Å². The summed E-state index contributed by atoms with van der Waals surface area (Å²) in [5.74, 6) is -1.66. The zero-order valence-electron chi connectivity index (χ0n) is 10.8. The third-order valence-electron chi connectivity index (χ3n) is 2.85. The molecule has 0 aromatic heterocycles. The molecule has 112 valence electrons. The zero-order valence-corrected chi connectivity index (χ0v) is 13.2. The van der Waals surface area contributed by atoms with Crippen molar-refractivity contribution in [3.8, 4) is 0 Å². The number of hydrogen-bond donors (Lipinski definition) is 1. The Balaban J connectivity index is 2.01. The van der Waals surface area contributed by atoms with Crippen molar-refractivity contribution in [2.45, 2.75) is 17.4 Å². The van der Waals surface area contributed by atoms with Gasteiger partial charge in [0.2, 0.25) is 0 Å². The zero-order chi connectivity index (χ0) is 15.4. The maximum absolute atomic E-state index is 13.8. The van der Waals surface area contributed by atoms with Gasteiger partial charge in [-0.25, -0.2) is 13.2 Å². The van der Waals surface area contributed by atoms with Crippen LogP contribution in [-0.2, 0) is 6.42 Å². The second-order valence-electron chi connectivity index (χ2n) is 4.42. The van der Waals surface area contributed by atoms with Gasteiger partial charge in [-0.15, -0.1) is 11.8 Å². The van der Waals surface area contributed by atoms with Gasteiger partial charge in [-0.2, -0.15) is 0 Å². The summed E-state index contributed by atoms with van der Waals surface area (Å²) in [5, 5.41) is 9.90. The molecule has 0 bridgehead atoms. The standard InChI is InChI=1S/C15H12BrF3OS/c16-11-5-6-12(17)10(15(11)19)7-9(20)8-21-14-4-2-1-3-13(14)18/h1-6,9,20H,7-8H2. The van der Waals surface area contributed by atoms with Gasteiger partial charge in [0.05, 0.1) is 10.6 Å². The normalized spacial score (nSPS) is 12.4. The van der Waals surface area contributed by atoms with Crippen molar-refractivity contribution < 1.29 is 18.3 Å². The lowest BCUT2D eigenvalue weighted by atomic mass is 10.1. The average Bonchev–Trinajstić information content (AvgIpc) is 2.47. The van der Waals surface area contributed by atoms with Crippen molar-refractivity contribution in [3.05, 3.63) is 63.9 Å². The highest BCUT2D eigenvalue weighted by molar-refractivity contribution is 9.10. The molecule has 0 heterocycles. The number of aliphatic hydroxyl groups excluding tert-OH is 1. The Bertz CT molecular complexity index is 636. The second kappa shape index (κ2) is 7.33. The largest absolute Gasteiger partial charge is 0.392 e. The first-order valence-corrected chi connectivity index (χ1v) is 7.94. The Morgan fingerprint density at radius 3 is 2.48 bits per heavy atom. The molecule has 6 heteroatoms. The minimum atomic E-state index is -0.979. The van der Waals surface area contributed by atoms with Gasteiger partial charge < -0.3 is 5.11 Å². The van der Waals surface area contributed by atoms with Crippen LogP contribution in [0.1, 0.15) is 5.56 Å². The lowest BCUT2D eigenvalue weighted by Gasteiger charge is -2.12. The molecule has 1 atom stereocenters. The summed E-state index contributed by atoms with van der Waals surface area (Å²) in [5.41, 5.74) is -0.175. The van der Waals surface area contributed by atoms with E-state index in [4.69, 9.17) is 0 Å². The van der Waals surface area contributed by atoms with Crippen LogP contribution in [0, 0.1) is 17.5 Å². The molecule has 0 saturated heterocycles. The summed E-state index contributed by atoms with van der Waals surface area (Å²) in [6, 6.07) is 8.58. The van der Waals surface area contributed by atoms with E-state index in [0.717, 1.165) is 17.8 Å². The smallest absolute Gasteiger partial charge is 0.143 e. The number of thioether (sulfide) groups is 1. The summed E-state index contributed by atoms with van der Waals surface area (Å²) in [6.07, 6.45) is -1.15. The lowest BCUT2D eigenvalue weighted by Crippen LogP contribution is -2.16. The van der Waals surface area contributed by atoms with Gasteiger partial charge in [0.25, 0.3) is 0 Å². The molecule has 1 unspecified atom stereocenters. The van der Waals surface area contributed by atoms with Crippen LogP contribution in [0.4, 0.5) is 13.2 Å². The van der Waals surface area contributed by atoms with E-state index in [9.17, 15) is 18.3 Å². The minimum Gasteiger partial charge on any atom is -0.392 e. The van der Waals surface area contributed by atoms with Crippen molar-refractivity contribution in [3.63, 3.8) is 0 Å². The molecular weight excluding hydrogens is 365 g/mol. The first-order valence-electron chi connectivity index (χ1n) is 6.17. The SMILES string of the molecule is OC(CSc1ccccc1F)Cc1c(F)ccc(Br)c1F. The minimum absolute atomic E-state index is 0.145. The molecule has 2 aromatic carbocycles. The van der Waals surface area contributed by atoms with Crippen LogP contribution < -0.4 is 0 Å². The molecule has 0 aliphatic carbocycles. The topological polar surface area (TPSA) is 20.2 Å². The number of benzene rings is 2. The van der Waals surface area contributed by atoms with Crippen molar-refractivity contribution in [1.29, 1.82) is 0 Å². The summed E-state index contributed by atoms with van der Waals surface area (Å²) < 4.78 is 40.9. The fourth-order valence-corrected chi connectivity index (χ4v) is 3.04. The van der Waals surface area contributed by atoms with Gasteiger partial charge in [-0.1, -0.05) is 12.1 Å². The van der Waals surface area contributed by atoms with Gasteiger partial charge in [-0.05, 0) is 40.2 Å². The number of rotatable bonds is 5. The molecule has 21 heavy (non-hydrogen) atoms. The van der Waals surface area contributed by atoms with Gasteiger partial charge in [0, 0.05) is 22.6 Å². The molecule has 0 amide bonds. The van der Waals surface area contributed by atoms with Gasteiger partial charge in [0.1, 0.15) is 17.5 Å². The lowest BCUT2D eigenvalue weighted by molar-refractivity contribution is 0.197. The molecule has 0 radical (unpaired) electrons. The van der Waals surface area contributed by atoms with Crippen molar-refractivity contribution in [1.82, 2.24) is 0 Å². The fraction of sp³-hybridized carbons (Fsp3) is 0.200. The molecule has 2 aromatic rings. The third kappa shape index (κ3) is 4.25. The number of aliphatic hydroxyl groups is 1. The number of halogens is 4. The second-order valence-corrected chi connectivity index (χ2v) is 6.34. The molecular formula is C15H12BrF3OS. The first-order chi connectivity index (χ1) is 9.99. The van der Waals surface area contributed by atoms with Crippen LogP contribution in [-0.4, -0.2) is 17.0 Å². The number of hydrogen-bond acceptors (Lipinski definition) is 2. The van der Waals surface area contributed by atoms with E-state index in [2.05, 4.69) is 15.9 Å². The van der Waals surface area contributed by atoms with E-state index in [0.29, 0.717) is 4.90 Å². The highest BCUT2D eigenvalue weighted by atomic mass is 79.9. The molecule has 1 N–H and O–H groups in total. The summed E-state index contributed by atoms with van der Waals surface area (Å²) in [6.45, 7) is 0. The maximum Gasteiger partial charge on any atom is 0.143 e. The van der Waals surface area contributed by atoms with E-state index in [1.54, 1.807) is 18.2 Å². The van der Waals surface area contributed by atoms with E-state index >= 15 is 0 Å². The predicted octanol–water partition coefficient (Wildman–Crippen LogP) is 4.56. The van der Waals surface area contributed by atoms with Crippen LogP contribution in [0.3, 0.4) is 0 Å². The van der Waals surface area contributed by atoms with E-state index in [1.807, 2.05) is 0 Å². The third-order valence-corrected chi connectivity index (χ3v) is 4.65. The Labute approximate surface area is 133 Å². The molecule has 1 nitrogen and oxygen atoms in total. The summed E-state index contributed by atoms with van der Waals surface area (Å²) in [7, 11) is 0. The summed E-state index contributed by atoms with van der Waals surface area (Å²) in [4.78, 5) is 0.395. The highest BCUT2D eigenvalue weighted by Crippen LogP contribution is 2.26. The molecule has 0 spiro atoms. The molecule has 0 aliphatic heterocycles. The maximum atomic E-state index is 13.8. The molecule has 0 saturated carbocycles. The molecule has 2 rings (SSSR count). The van der Waals surface area contributed by atoms with E-state index in [-0.39, 0.29) is 28.0 Å². The molecule has 0 fully saturated rings. The van der Waals surface area contributed by atoms with Gasteiger partial charge in [-0.3, -0.25) is 0 Å². The van der Waals surface area contributed by atoms with Crippen molar-refractivity contribution in [2.75, 3.05) is 5.75 Å². The summed E-state index contributed by atoms with van der Waals surface area (Å²) >= 11 is 4.09. The Kier molecular flexibility index (Phi) is 5.72. The van der Waals surface area contributed by atoms with E-state index < -0.39 is 17.7 Å². The monoisotopic (exact) mass is 376 g/mol.